The number of hydrogen-bond acceptors (Lipinski definition) is 5. The molecule has 8 nitrogen and oxygen atoms in total. The smallest absolute Gasteiger partial charge is 0.322 e. The van der Waals surface area contributed by atoms with Crippen LogP contribution in [-0.2, 0) is 0 Å². The second kappa shape index (κ2) is 6.62. The number of benzene rings is 1. The molecule has 1 fully saturated rings. The molecule has 2 amide bonds. The molecule has 0 aliphatic carbocycles. The average Bonchev–Trinajstić information content (AvgIpc) is 3.40. The van der Waals surface area contributed by atoms with Gasteiger partial charge in [0.15, 0.2) is 0 Å². The van der Waals surface area contributed by atoms with Crippen molar-refractivity contribution in [3.05, 3.63) is 53.7 Å². The van der Waals surface area contributed by atoms with Gasteiger partial charge in [-0.25, -0.2) is 9.48 Å². The molecule has 0 radical (unpaired) electrons. The minimum absolute atomic E-state index is 0.0194. The van der Waals surface area contributed by atoms with Crippen molar-refractivity contribution in [3.63, 3.8) is 0 Å². The Hall–Kier alpha value is -3.16. The molecule has 1 aromatic carbocycles. The predicted molar refractivity (Wildman–Crippen MR) is 95.0 cm³/mol. The summed E-state index contributed by atoms with van der Waals surface area (Å²) in [6.45, 7) is 4.70. The van der Waals surface area contributed by atoms with Crippen molar-refractivity contribution < 1.29 is 9.21 Å². The minimum Gasteiger partial charge on any atom is -0.467 e. The Morgan fingerprint density at radius 2 is 2.23 bits per heavy atom. The van der Waals surface area contributed by atoms with Crippen LogP contribution in [0.5, 0.6) is 0 Å². The van der Waals surface area contributed by atoms with Gasteiger partial charge in [0.2, 0.25) is 0 Å². The standard InChI is InChI=1S/C18H20N6O2/c1-12-9-14(24-11-19-21-22-24)10-15(13(12)2)20-18(25)23-7-3-5-16(23)17-6-4-8-26-17/h4,6,8-11,16H,3,5,7H2,1-2H3,(H,20,25)/t16-/m1/s1. The molecular weight excluding hydrogens is 332 g/mol. The monoisotopic (exact) mass is 352 g/mol. The molecule has 0 spiro atoms. The Labute approximate surface area is 150 Å². The number of nitrogens with zero attached hydrogens (tertiary/aromatic N) is 5. The molecule has 4 rings (SSSR count). The van der Waals surface area contributed by atoms with Crippen molar-refractivity contribution in [3.8, 4) is 5.69 Å². The molecule has 0 saturated carbocycles. The summed E-state index contributed by atoms with van der Waals surface area (Å²) in [6, 6.07) is 7.50. The van der Waals surface area contributed by atoms with Gasteiger partial charge in [0.1, 0.15) is 12.1 Å². The molecule has 0 bridgehead atoms. The molecule has 3 heterocycles. The number of aromatic nitrogens is 4. The number of carbonyl (C=O) groups excluding carboxylic acids is 1. The Balaban J connectivity index is 1.59. The highest BCUT2D eigenvalue weighted by atomic mass is 16.3. The lowest BCUT2D eigenvalue weighted by Gasteiger charge is -2.24. The van der Waals surface area contributed by atoms with Gasteiger partial charge in [0, 0.05) is 12.2 Å². The van der Waals surface area contributed by atoms with Crippen molar-refractivity contribution in [1.82, 2.24) is 25.1 Å². The fourth-order valence-electron chi connectivity index (χ4n) is 3.36. The first-order valence-electron chi connectivity index (χ1n) is 8.59. The summed E-state index contributed by atoms with van der Waals surface area (Å²) in [5.41, 5.74) is 3.63. The Morgan fingerprint density at radius 1 is 1.35 bits per heavy atom. The van der Waals surface area contributed by atoms with E-state index in [1.54, 1.807) is 10.9 Å². The third-order valence-electron chi connectivity index (χ3n) is 4.89. The number of rotatable bonds is 3. The van der Waals surface area contributed by atoms with Crippen molar-refractivity contribution >= 4 is 11.7 Å². The van der Waals surface area contributed by atoms with Crippen LogP contribution in [0.2, 0.25) is 0 Å². The largest absolute Gasteiger partial charge is 0.467 e. The summed E-state index contributed by atoms with van der Waals surface area (Å²) in [5, 5.41) is 14.3. The van der Waals surface area contributed by atoms with Crippen LogP contribution in [0, 0.1) is 13.8 Å². The molecule has 1 aliphatic rings. The quantitative estimate of drug-likeness (QED) is 0.781. The van der Waals surface area contributed by atoms with Crippen molar-refractivity contribution in [2.45, 2.75) is 32.7 Å². The van der Waals surface area contributed by atoms with Crippen molar-refractivity contribution in [1.29, 1.82) is 0 Å². The first kappa shape index (κ1) is 16.3. The van der Waals surface area contributed by atoms with E-state index >= 15 is 0 Å². The zero-order chi connectivity index (χ0) is 18.1. The molecule has 1 aliphatic heterocycles. The third kappa shape index (κ3) is 2.94. The van der Waals surface area contributed by atoms with Crippen LogP contribution in [0.3, 0.4) is 0 Å². The molecule has 134 valence electrons. The summed E-state index contributed by atoms with van der Waals surface area (Å²) < 4.78 is 7.08. The van der Waals surface area contributed by atoms with Crippen molar-refractivity contribution in [2.24, 2.45) is 0 Å². The molecule has 1 N–H and O–H groups in total. The summed E-state index contributed by atoms with van der Waals surface area (Å²) in [6.07, 6.45) is 5.04. The van der Waals surface area contributed by atoms with Crippen LogP contribution < -0.4 is 5.32 Å². The summed E-state index contributed by atoms with van der Waals surface area (Å²) in [5.74, 6) is 0.827. The van der Waals surface area contributed by atoms with Gasteiger partial charge in [-0.05, 0) is 72.5 Å². The van der Waals surface area contributed by atoms with E-state index in [1.807, 2.05) is 43.0 Å². The zero-order valence-corrected chi connectivity index (χ0v) is 14.7. The van der Waals surface area contributed by atoms with Crippen LogP contribution in [0.1, 0.15) is 35.8 Å². The maximum absolute atomic E-state index is 12.9. The van der Waals surface area contributed by atoms with E-state index in [4.69, 9.17) is 4.42 Å². The first-order valence-corrected chi connectivity index (χ1v) is 8.59. The fraction of sp³-hybridized carbons (Fsp3) is 0.333. The number of amides is 2. The van der Waals surface area contributed by atoms with E-state index in [1.165, 1.54) is 6.33 Å². The number of nitrogens with one attached hydrogen (secondary N) is 1. The molecular formula is C18H20N6O2. The first-order chi connectivity index (χ1) is 12.6. The van der Waals surface area contributed by atoms with Crippen molar-refractivity contribution in [2.75, 3.05) is 11.9 Å². The number of hydrogen-bond donors (Lipinski definition) is 1. The summed E-state index contributed by atoms with van der Waals surface area (Å²) in [4.78, 5) is 14.7. The highest BCUT2D eigenvalue weighted by Gasteiger charge is 2.32. The number of urea groups is 1. The Bertz CT molecular complexity index is 904. The van der Waals surface area contributed by atoms with Crippen LogP contribution in [-0.4, -0.2) is 37.7 Å². The maximum atomic E-state index is 12.9. The van der Waals surface area contributed by atoms with Gasteiger partial charge in [-0.3, -0.25) is 0 Å². The normalized spacial score (nSPS) is 16.8. The molecule has 1 atom stereocenters. The van der Waals surface area contributed by atoms with Gasteiger partial charge in [-0.2, -0.15) is 0 Å². The number of anilines is 1. The minimum atomic E-state index is -0.125. The van der Waals surface area contributed by atoms with E-state index in [-0.39, 0.29) is 12.1 Å². The number of carbonyl (C=O) groups is 1. The Morgan fingerprint density at radius 3 is 2.96 bits per heavy atom. The molecule has 8 heteroatoms. The summed E-state index contributed by atoms with van der Waals surface area (Å²) in [7, 11) is 0. The second-order valence-corrected chi connectivity index (χ2v) is 6.49. The van der Waals surface area contributed by atoms with Crippen LogP contribution in [0.4, 0.5) is 10.5 Å². The van der Waals surface area contributed by atoms with Gasteiger partial charge in [0.25, 0.3) is 0 Å². The van der Waals surface area contributed by atoms with Crippen LogP contribution >= 0.6 is 0 Å². The van der Waals surface area contributed by atoms with E-state index < -0.39 is 0 Å². The molecule has 1 saturated heterocycles. The van der Waals surface area contributed by atoms with Gasteiger partial charge < -0.3 is 14.6 Å². The molecule has 26 heavy (non-hydrogen) atoms. The summed E-state index contributed by atoms with van der Waals surface area (Å²) >= 11 is 0. The Kier molecular flexibility index (Phi) is 4.16. The topological polar surface area (TPSA) is 89.1 Å². The predicted octanol–water partition coefficient (Wildman–Crippen LogP) is 3.24. The van der Waals surface area contributed by atoms with Gasteiger partial charge in [-0.1, -0.05) is 0 Å². The fourth-order valence-corrected chi connectivity index (χ4v) is 3.36. The molecule has 0 unspecified atom stereocenters. The number of aryl methyl sites for hydroxylation is 1. The maximum Gasteiger partial charge on any atom is 0.322 e. The lowest BCUT2D eigenvalue weighted by Crippen LogP contribution is -2.34. The average molecular weight is 352 g/mol. The van der Waals surface area contributed by atoms with Gasteiger partial charge in [-0.15, -0.1) is 5.10 Å². The lowest BCUT2D eigenvalue weighted by molar-refractivity contribution is 0.200. The van der Waals surface area contributed by atoms with Gasteiger partial charge in [0.05, 0.1) is 18.0 Å². The lowest BCUT2D eigenvalue weighted by atomic mass is 10.1. The third-order valence-corrected chi connectivity index (χ3v) is 4.89. The van der Waals surface area contributed by atoms with Crippen LogP contribution in [0.15, 0.2) is 41.3 Å². The molecule has 3 aromatic rings. The molecule has 2 aromatic heterocycles. The number of likely N-dealkylation sites (tertiary alicyclic amines) is 1. The SMILES string of the molecule is Cc1cc(-n2cnnn2)cc(NC(=O)N2CCC[C@@H]2c2ccco2)c1C. The van der Waals surface area contributed by atoms with E-state index in [0.29, 0.717) is 6.54 Å². The number of furan rings is 1. The van der Waals surface area contributed by atoms with Gasteiger partial charge >= 0.3 is 6.03 Å². The van der Waals surface area contributed by atoms with E-state index in [9.17, 15) is 4.79 Å². The number of tetrazole rings is 1. The van der Waals surface area contributed by atoms with Crippen LogP contribution in [0.25, 0.3) is 5.69 Å². The zero-order valence-electron chi connectivity index (χ0n) is 14.7. The van der Waals surface area contributed by atoms with E-state index in [0.717, 1.165) is 41.1 Å². The van der Waals surface area contributed by atoms with E-state index in [2.05, 4.69) is 20.8 Å². The second-order valence-electron chi connectivity index (χ2n) is 6.49. The highest BCUT2D eigenvalue weighted by Crippen LogP contribution is 2.33. The highest BCUT2D eigenvalue weighted by molar-refractivity contribution is 5.91.